The van der Waals surface area contributed by atoms with E-state index in [2.05, 4.69) is 127 Å². The van der Waals surface area contributed by atoms with Crippen LogP contribution in [0.2, 0.25) is 0 Å². The predicted octanol–water partition coefficient (Wildman–Crippen LogP) is 8.13. The Morgan fingerprint density at radius 1 is 0.743 bits per heavy atom. The number of benzene rings is 4. The summed E-state index contributed by atoms with van der Waals surface area (Å²) in [7, 11) is 0. The summed E-state index contributed by atoms with van der Waals surface area (Å²) in [5.74, 6) is 0.0893. The lowest BCUT2D eigenvalue weighted by Gasteiger charge is -2.16. The third kappa shape index (κ3) is 5.62. The van der Waals surface area contributed by atoms with Gasteiger partial charge in [0, 0.05) is 23.0 Å². The SMILES string of the molecule is N/C(=C\C(c1ccccc1)c1ccccc1)c1cccc(-c2cccc(NC3=CC=CCC3)c2)c1. The molecule has 5 rings (SSSR count). The van der Waals surface area contributed by atoms with E-state index >= 15 is 0 Å². The average molecular weight is 455 g/mol. The van der Waals surface area contributed by atoms with Gasteiger partial charge in [0.25, 0.3) is 0 Å². The van der Waals surface area contributed by atoms with Crippen LogP contribution in [0, 0.1) is 0 Å². The lowest BCUT2D eigenvalue weighted by Crippen LogP contribution is -2.04. The van der Waals surface area contributed by atoms with Crippen molar-refractivity contribution in [1.82, 2.24) is 0 Å². The van der Waals surface area contributed by atoms with E-state index in [0.717, 1.165) is 35.4 Å². The predicted molar refractivity (Wildman–Crippen MR) is 149 cm³/mol. The Labute approximate surface area is 208 Å². The zero-order valence-electron chi connectivity index (χ0n) is 19.8. The highest BCUT2D eigenvalue weighted by molar-refractivity contribution is 5.74. The lowest BCUT2D eigenvalue weighted by atomic mass is 9.89. The van der Waals surface area contributed by atoms with Crippen LogP contribution in [0.1, 0.15) is 35.4 Å². The van der Waals surface area contributed by atoms with E-state index in [0.29, 0.717) is 0 Å². The van der Waals surface area contributed by atoms with Crippen LogP contribution in [0.5, 0.6) is 0 Å². The zero-order valence-corrected chi connectivity index (χ0v) is 19.8. The molecule has 0 bridgehead atoms. The van der Waals surface area contributed by atoms with Crippen LogP contribution < -0.4 is 11.1 Å². The minimum Gasteiger partial charge on any atom is -0.398 e. The quantitative estimate of drug-likeness (QED) is 0.296. The highest BCUT2D eigenvalue weighted by atomic mass is 14.9. The van der Waals surface area contributed by atoms with E-state index in [-0.39, 0.29) is 5.92 Å². The minimum atomic E-state index is 0.0893. The molecule has 0 aromatic heterocycles. The van der Waals surface area contributed by atoms with Crippen molar-refractivity contribution in [2.45, 2.75) is 18.8 Å². The van der Waals surface area contributed by atoms with Crippen LogP contribution in [-0.2, 0) is 0 Å². The highest BCUT2D eigenvalue weighted by Gasteiger charge is 2.13. The van der Waals surface area contributed by atoms with Crippen LogP contribution in [-0.4, -0.2) is 0 Å². The van der Waals surface area contributed by atoms with Crippen molar-refractivity contribution in [3.05, 3.63) is 156 Å². The van der Waals surface area contributed by atoms with Gasteiger partial charge >= 0.3 is 0 Å². The van der Waals surface area contributed by atoms with Crippen molar-refractivity contribution in [3.63, 3.8) is 0 Å². The first-order valence-electron chi connectivity index (χ1n) is 12.2. The van der Waals surface area contributed by atoms with Gasteiger partial charge in [-0.3, -0.25) is 0 Å². The number of anilines is 1. The third-order valence-corrected chi connectivity index (χ3v) is 6.37. The molecule has 0 spiro atoms. The molecule has 1 aliphatic carbocycles. The Morgan fingerprint density at radius 3 is 2.06 bits per heavy atom. The van der Waals surface area contributed by atoms with Gasteiger partial charge < -0.3 is 11.1 Å². The Hall–Kier alpha value is -4.30. The van der Waals surface area contributed by atoms with Crippen molar-refractivity contribution in [2.24, 2.45) is 5.73 Å². The standard InChI is InChI=1S/C33H30N2/c34-33(24-32(25-12-4-1-5-13-25)26-14-6-2-7-15-26)29-18-10-16-27(22-29)28-17-11-21-31(23-28)35-30-19-8-3-9-20-30/h1-8,10-19,21-24,32,35H,9,20,34H2/b33-24-. The van der Waals surface area contributed by atoms with Crippen molar-refractivity contribution < 1.29 is 0 Å². The first-order valence-corrected chi connectivity index (χ1v) is 12.2. The Kier molecular flexibility index (Phi) is 6.91. The first kappa shape index (κ1) is 22.5. The van der Waals surface area contributed by atoms with Crippen LogP contribution in [0.3, 0.4) is 0 Å². The Morgan fingerprint density at radius 2 is 1.40 bits per heavy atom. The van der Waals surface area contributed by atoms with Gasteiger partial charge in [0.05, 0.1) is 0 Å². The Bertz CT molecular complexity index is 1330. The molecule has 35 heavy (non-hydrogen) atoms. The molecule has 0 saturated heterocycles. The molecule has 0 amide bonds. The van der Waals surface area contributed by atoms with E-state index in [4.69, 9.17) is 5.73 Å². The van der Waals surface area contributed by atoms with Gasteiger partial charge in [-0.15, -0.1) is 0 Å². The molecule has 0 atom stereocenters. The van der Waals surface area contributed by atoms with Gasteiger partial charge in [-0.05, 0) is 71.0 Å². The molecule has 0 aliphatic heterocycles. The van der Waals surface area contributed by atoms with Gasteiger partial charge in [-0.1, -0.05) is 103 Å². The van der Waals surface area contributed by atoms with Crippen molar-refractivity contribution in [1.29, 1.82) is 0 Å². The molecule has 0 unspecified atom stereocenters. The zero-order chi connectivity index (χ0) is 23.9. The third-order valence-electron chi connectivity index (χ3n) is 6.37. The summed E-state index contributed by atoms with van der Waals surface area (Å²) in [6.07, 6.45) is 10.8. The number of nitrogens with one attached hydrogen (secondary N) is 1. The molecule has 3 N–H and O–H groups in total. The summed E-state index contributed by atoms with van der Waals surface area (Å²) in [4.78, 5) is 0. The molecular formula is C33H30N2. The molecule has 4 aromatic carbocycles. The van der Waals surface area contributed by atoms with Gasteiger partial charge in [-0.25, -0.2) is 0 Å². The molecule has 1 aliphatic rings. The van der Waals surface area contributed by atoms with Crippen molar-refractivity contribution in [3.8, 4) is 11.1 Å². The second kappa shape index (κ2) is 10.8. The summed E-state index contributed by atoms with van der Waals surface area (Å²) < 4.78 is 0. The highest BCUT2D eigenvalue weighted by Crippen LogP contribution is 2.30. The van der Waals surface area contributed by atoms with E-state index in [1.807, 2.05) is 12.1 Å². The van der Waals surface area contributed by atoms with Crippen LogP contribution in [0.25, 0.3) is 16.8 Å². The maximum absolute atomic E-state index is 6.71. The van der Waals surface area contributed by atoms with Gasteiger partial charge in [-0.2, -0.15) is 0 Å². The van der Waals surface area contributed by atoms with Crippen molar-refractivity contribution in [2.75, 3.05) is 5.32 Å². The van der Waals surface area contributed by atoms with Gasteiger partial charge in [0.1, 0.15) is 0 Å². The van der Waals surface area contributed by atoms with Crippen LogP contribution >= 0.6 is 0 Å². The summed E-state index contributed by atoms with van der Waals surface area (Å²) in [6, 6.07) is 38.1. The summed E-state index contributed by atoms with van der Waals surface area (Å²) >= 11 is 0. The summed E-state index contributed by atoms with van der Waals surface area (Å²) in [6.45, 7) is 0. The van der Waals surface area contributed by atoms with Gasteiger partial charge in [0.15, 0.2) is 0 Å². The largest absolute Gasteiger partial charge is 0.398 e. The molecule has 2 heteroatoms. The van der Waals surface area contributed by atoms with E-state index < -0.39 is 0 Å². The van der Waals surface area contributed by atoms with E-state index in [9.17, 15) is 0 Å². The molecule has 2 nitrogen and oxygen atoms in total. The fraction of sp³-hybridized carbons (Fsp3) is 0.0909. The lowest BCUT2D eigenvalue weighted by molar-refractivity contribution is 0.967. The fourth-order valence-corrected chi connectivity index (χ4v) is 4.53. The normalized spacial score (nSPS) is 13.5. The number of rotatable bonds is 7. The molecular weight excluding hydrogens is 424 g/mol. The number of nitrogens with two attached hydrogens (primary N) is 1. The van der Waals surface area contributed by atoms with Crippen LogP contribution in [0.15, 0.2) is 139 Å². The molecule has 0 saturated carbocycles. The molecule has 0 radical (unpaired) electrons. The minimum absolute atomic E-state index is 0.0893. The molecule has 0 heterocycles. The smallest absolute Gasteiger partial charge is 0.0388 e. The summed E-state index contributed by atoms with van der Waals surface area (Å²) in [5.41, 5.74) is 15.6. The maximum atomic E-state index is 6.71. The second-order valence-electron chi connectivity index (χ2n) is 8.87. The first-order chi connectivity index (χ1) is 17.3. The number of hydrogen-bond acceptors (Lipinski definition) is 2. The van der Waals surface area contributed by atoms with Gasteiger partial charge in [0.2, 0.25) is 0 Å². The van der Waals surface area contributed by atoms with Crippen molar-refractivity contribution >= 4 is 11.4 Å². The Balaban J connectivity index is 1.44. The van der Waals surface area contributed by atoms with Crippen LogP contribution in [0.4, 0.5) is 5.69 Å². The monoisotopic (exact) mass is 454 g/mol. The summed E-state index contributed by atoms with van der Waals surface area (Å²) in [5, 5.41) is 3.56. The maximum Gasteiger partial charge on any atom is 0.0388 e. The average Bonchev–Trinajstić information content (AvgIpc) is 2.93. The molecule has 4 aromatic rings. The second-order valence-corrected chi connectivity index (χ2v) is 8.87. The van der Waals surface area contributed by atoms with E-state index in [1.54, 1.807) is 0 Å². The number of allylic oxidation sites excluding steroid dienone is 5. The topological polar surface area (TPSA) is 38.0 Å². The molecule has 0 fully saturated rings. The fourth-order valence-electron chi connectivity index (χ4n) is 4.53. The number of hydrogen-bond donors (Lipinski definition) is 2. The molecule has 172 valence electrons. The van der Waals surface area contributed by atoms with E-state index in [1.165, 1.54) is 22.4 Å².